The van der Waals surface area contributed by atoms with Crippen LogP contribution >= 0.6 is 12.2 Å². The van der Waals surface area contributed by atoms with E-state index in [1.165, 1.54) is 0 Å². The fraction of sp³-hybridized carbons (Fsp3) is 0.0870. The van der Waals surface area contributed by atoms with E-state index in [9.17, 15) is 22.4 Å². The van der Waals surface area contributed by atoms with E-state index in [-0.39, 0.29) is 5.11 Å². The van der Waals surface area contributed by atoms with Crippen molar-refractivity contribution >= 4 is 40.0 Å². The highest BCUT2D eigenvalue weighted by molar-refractivity contribution is 7.80. The number of carbonyl (C=O) groups is 1. The van der Waals surface area contributed by atoms with Crippen molar-refractivity contribution in [3.8, 4) is 17.2 Å². The number of fused-ring (bicyclic) bond motifs is 1. The van der Waals surface area contributed by atoms with Gasteiger partial charge in [0.2, 0.25) is 17.5 Å². The maximum Gasteiger partial charge on any atom is 0.263 e. The number of thiocarbonyl (C=S) groups is 1. The van der Waals surface area contributed by atoms with Crippen molar-refractivity contribution < 1.29 is 31.5 Å². The molecule has 3 aromatic carbocycles. The zero-order valence-corrected chi connectivity index (χ0v) is 18.5. The summed E-state index contributed by atoms with van der Waals surface area (Å²) in [4.78, 5) is 16.7. The second kappa shape index (κ2) is 9.10. The largest absolute Gasteiger partial charge is 0.491 e. The van der Waals surface area contributed by atoms with Crippen LogP contribution in [0, 0.1) is 30.2 Å². The Morgan fingerprint density at radius 2 is 1.74 bits per heavy atom. The predicted octanol–water partition coefficient (Wildman–Crippen LogP) is 5.50. The first-order valence-corrected chi connectivity index (χ1v) is 10.1. The number of amides is 1. The Balaban J connectivity index is 1.53. The van der Waals surface area contributed by atoms with Gasteiger partial charge in [0.15, 0.2) is 28.1 Å². The summed E-state index contributed by atoms with van der Waals surface area (Å²) in [6.07, 6.45) is 0. The van der Waals surface area contributed by atoms with Gasteiger partial charge in [-0.25, -0.2) is 13.8 Å². The topological polar surface area (TPSA) is 76.4 Å². The molecular formula is C23H15F4N3O3S. The standard InChI is InChI=1S/C23H15F4N3O3S/c1-10-4-3-5-11(8-10)22-29-13-9-12(6-7-14(13)33-22)28-23(34)30-21(31)15-16(24)18(26)20(32-2)19(27)17(15)25/h3-9H,1-2H3,(H2,28,30,31,34). The zero-order valence-electron chi connectivity index (χ0n) is 17.6. The number of ether oxygens (including phenoxy) is 1. The van der Waals surface area contributed by atoms with Crippen LogP contribution in [0.5, 0.6) is 5.75 Å². The molecule has 4 aromatic rings. The molecule has 0 bridgehead atoms. The monoisotopic (exact) mass is 489 g/mol. The van der Waals surface area contributed by atoms with E-state index in [4.69, 9.17) is 16.6 Å². The normalized spacial score (nSPS) is 10.9. The minimum atomic E-state index is -1.91. The number of halogens is 4. The van der Waals surface area contributed by atoms with Crippen LogP contribution in [0.25, 0.3) is 22.6 Å². The summed E-state index contributed by atoms with van der Waals surface area (Å²) in [5, 5.41) is 4.26. The summed E-state index contributed by atoms with van der Waals surface area (Å²) in [6, 6.07) is 12.3. The van der Waals surface area contributed by atoms with Gasteiger partial charge in [-0.05, 0) is 49.5 Å². The number of aromatic nitrogens is 1. The average molecular weight is 489 g/mol. The van der Waals surface area contributed by atoms with E-state index in [1.54, 1.807) is 18.2 Å². The summed E-state index contributed by atoms with van der Waals surface area (Å²) < 4.78 is 66.1. The Labute approximate surface area is 195 Å². The molecule has 0 radical (unpaired) electrons. The zero-order chi connectivity index (χ0) is 24.6. The first kappa shape index (κ1) is 23.2. The molecule has 34 heavy (non-hydrogen) atoms. The van der Waals surface area contributed by atoms with Crippen LogP contribution in [0.3, 0.4) is 0 Å². The Morgan fingerprint density at radius 3 is 2.38 bits per heavy atom. The van der Waals surface area contributed by atoms with E-state index >= 15 is 0 Å². The number of nitrogens with one attached hydrogen (secondary N) is 2. The van der Waals surface area contributed by atoms with E-state index in [2.05, 4.69) is 15.0 Å². The quantitative estimate of drug-likeness (QED) is 0.224. The van der Waals surface area contributed by atoms with Gasteiger partial charge in [-0.15, -0.1) is 0 Å². The van der Waals surface area contributed by atoms with E-state index < -0.39 is 40.5 Å². The number of methoxy groups -OCH3 is 1. The van der Waals surface area contributed by atoms with Gasteiger partial charge in [0.05, 0.1) is 7.11 Å². The van der Waals surface area contributed by atoms with Crippen molar-refractivity contribution in [2.24, 2.45) is 0 Å². The molecule has 0 aliphatic heterocycles. The fourth-order valence-electron chi connectivity index (χ4n) is 3.22. The van der Waals surface area contributed by atoms with Crippen molar-refractivity contribution in [2.75, 3.05) is 12.4 Å². The van der Waals surface area contributed by atoms with Crippen LogP contribution in [-0.4, -0.2) is 23.1 Å². The molecule has 1 amide bonds. The van der Waals surface area contributed by atoms with E-state index in [0.717, 1.165) is 18.2 Å². The lowest BCUT2D eigenvalue weighted by molar-refractivity contribution is 0.0966. The predicted molar refractivity (Wildman–Crippen MR) is 121 cm³/mol. The smallest absolute Gasteiger partial charge is 0.263 e. The lowest BCUT2D eigenvalue weighted by atomic mass is 10.1. The van der Waals surface area contributed by atoms with Crippen LogP contribution in [0.2, 0.25) is 0 Å². The van der Waals surface area contributed by atoms with Crippen molar-refractivity contribution in [3.05, 3.63) is 76.9 Å². The minimum Gasteiger partial charge on any atom is -0.491 e. The van der Waals surface area contributed by atoms with Crippen LogP contribution in [0.4, 0.5) is 23.2 Å². The highest BCUT2D eigenvalue weighted by Crippen LogP contribution is 2.30. The third kappa shape index (κ3) is 4.29. The van der Waals surface area contributed by atoms with Crippen molar-refractivity contribution in [3.63, 3.8) is 0 Å². The molecule has 0 saturated heterocycles. The second-order valence-corrected chi connectivity index (χ2v) is 7.55. The van der Waals surface area contributed by atoms with Gasteiger partial charge in [0.1, 0.15) is 11.1 Å². The van der Waals surface area contributed by atoms with Crippen LogP contribution in [0.15, 0.2) is 46.9 Å². The number of nitrogens with zero attached hydrogens (tertiary/aromatic N) is 1. The van der Waals surface area contributed by atoms with Gasteiger partial charge in [0, 0.05) is 11.3 Å². The summed E-state index contributed by atoms with van der Waals surface area (Å²) >= 11 is 4.99. The summed E-state index contributed by atoms with van der Waals surface area (Å²) in [5.41, 5.74) is 1.69. The number of hydrogen-bond donors (Lipinski definition) is 2. The highest BCUT2D eigenvalue weighted by atomic mass is 32.1. The third-order valence-corrected chi connectivity index (χ3v) is 5.00. The van der Waals surface area contributed by atoms with Gasteiger partial charge in [-0.3, -0.25) is 10.1 Å². The Bertz CT molecular complexity index is 1430. The first-order valence-electron chi connectivity index (χ1n) is 9.69. The van der Waals surface area contributed by atoms with Crippen molar-refractivity contribution in [1.29, 1.82) is 0 Å². The molecule has 11 heteroatoms. The molecule has 1 heterocycles. The molecule has 2 N–H and O–H groups in total. The van der Waals surface area contributed by atoms with Gasteiger partial charge < -0.3 is 14.5 Å². The molecular weight excluding hydrogens is 474 g/mol. The number of carbonyl (C=O) groups excluding carboxylic acids is 1. The number of benzene rings is 3. The first-order chi connectivity index (χ1) is 16.2. The molecule has 4 rings (SSSR count). The molecule has 0 aliphatic rings. The molecule has 174 valence electrons. The molecule has 6 nitrogen and oxygen atoms in total. The summed E-state index contributed by atoms with van der Waals surface area (Å²) in [5.74, 6) is -9.87. The van der Waals surface area contributed by atoms with Gasteiger partial charge >= 0.3 is 0 Å². The number of aryl methyl sites for hydroxylation is 1. The lowest BCUT2D eigenvalue weighted by Gasteiger charge is -2.12. The molecule has 1 aromatic heterocycles. The highest BCUT2D eigenvalue weighted by Gasteiger charge is 2.30. The number of anilines is 1. The van der Waals surface area contributed by atoms with Gasteiger partial charge in [-0.1, -0.05) is 17.7 Å². The van der Waals surface area contributed by atoms with Crippen LogP contribution in [-0.2, 0) is 0 Å². The lowest BCUT2D eigenvalue weighted by Crippen LogP contribution is -2.35. The van der Waals surface area contributed by atoms with Crippen LogP contribution in [0.1, 0.15) is 15.9 Å². The number of hydrogen-bond acceptors (Lipinski definition) is 5. The molecule has 0 unspecified atom stereocenters. The fourth-order valence-corrected chi connectivity index (χ4v) is 3.44. The minimum absolute atomic E-state index is 0.370. The molecule has 0 aliphatic carbocycles. The van der Waals surface area contributed by atoms with Crippen molar-refractivity contribution in [1.82, 2.24) is 10.3 Å². The summed E-state index contributed by atoms with van der Waals surface area (Å²) in [7, 11) is 0.828. The maximum atomic E-state index is 14.2. The molecule has 0 saturated carbocycles. The third-order valence-electron chi connectivity index (χ3n) is 4.79. The molecule has 0 atom stereocenters. The molecule has 0 fully saturated rings. The maximum absolute atomic E-state index is 14.2. The van der Waals surface area contributed by atoms with Crippen molar-refractivity contribution in [2.45, 2.75) is 6.92 Å². The Morgan fingerprint density at radius 1 is 1.03 bits per heavy atom. The average Bonchev–Trinajstić information content (AvgIpc) is 3.22. The number of oxazole rings is 1. The Kier molecular flexibility index (Phi) is 6.20. The van der Waals surface area contributed by atoms with E-state index in [0.29, 0.717) is 22.7 Å². The molecule has 0 spiro atoms. The van der Waals surface area contributed by atoms with Crippen LogP contribution < -0.4 is 15.4 Å². The van der Waals surface area contributed by atoms with Gasteiger partial charge in [-0.2, -0.15) is 8.78 Å². The van der Waals surface area contributed by atoms with E-state index in [1.807, 2.05) is 36.5 Å². The Hall–Kier alpha value is -3.99. The second-order valence-electron chi connectivity index (χ2n) is 7.14. The summed E-state index contributed by atoms with van der Waals surface area (Å²) in [6.45, 7) is 1.94. The van der Waals surface area contributed by atoms with Gasteiger partial charge in [0.25, 0.3) is 5.91 Å². The SMILES string of the molecule is COc1c(F)c(F)c(C(=O)NC(=S)Nc2ccc3oc(-c4cccc(C)c4)nc3c2)c(F)c1F. The number of rotatable bonds is 4.